The lowest BCUT2D eigenvalue weighted by atomic mass is 9.64. The number of carbonyl (C=O) groups excluding carboxylic acids is 2. The Kier molecular flexibility index (Phi) is 8.50. The van der Waals surface area contributed by atoms with Crippen LogP contribution < -0.4 is 0 Å². The number of halogens is 6. The van der Waals surface area contributed by atoms with E-state index < -0.39 is 49.3 Å². The van der Waals surface area contributed by atoms with Crippen LogP contribution in [0.15, 0.2) is 0 Å². The predicted molar refractivity (Wildman–Crippen MR) is 100 cm³/mol. The van der Waals surface area contributed by atoms with Gasteiger partial charge in [-0.05, 0) is 56.8 Å². The summed E-state index contributed by atoms with van der Waals surface area (Å²) in [5, 5.41) is 9.16. The minimum Gasteiger partial charge on any atom is -0.465 e. The van der Waals surface area contributed by atoms with Crippen LogP contribution in [0.2, 0.25) is 0 Å². The maximum absolute atomic E-state index is 12.7. The molecule has 2 saturated carbocycles. The Labute approximate surface area is 182 Å². The average Bonchev–Trinajstić information content (AvgIpc) is 2.68. The van der Waals surface area contributed by atoms with Gasteiger partial charge in [0.2, 0.25) is 0 Å². The van der Waals surface area contributed by atoms with Crippen LogP contribution in [-0.2, 0) is 19.1 Å². The van der Waals surface area contributed by atoms with Crippen molar-refractivity contribution in [2.24, 2.45) is 23.7 Å². The van der Waals surface area contributed by atoms with Crippen molar-refractivity contribution in [1.29, 1.82) is 0 Å². The molecule has 5 nitrogen and oxygen atoms in total. The minimum absolute atomic E-state index is 0.0294. The van der Waals surface area contributed by atoms with Crippen molar-refractivity contribution in [1.82, 2.24) is 0 Å². The monoisotopic (exact) mass is 476 g/mol. The highest BCUT2D eigenvalue weighted by Gasteiger charge is 2.69. The van der Waals surface area contributed by atoms with E-state index in [9.17, 15) is 35.9 Å². The quantitative estimate of drug-likeness (QED) is 0.320. The molecule has 2 aliphatic carbocycles. The smallest absolute Gasteiger partial charge is 0.426 e. The van der Waals surface area contributed by atoms with Crippen LogP contribution in [0.5, 0.6) is 0 Å². The summed E-state index contributed by atoms with van der Waals surface area (Å²) in [5.41, 5.74) is -4.85. The Morgan fingerprint density at radius 3 is 2.06 bits per heavy atom. The summed E-state index contributed by atoms with van der Waals surface area (Å²) in [6.07, 6.45) is -10.5. The molecular weight excluding hydrogens is 446 g/mol. The van der Waals surface area contributed by atoms with Crippen molar-refractivity contribution in [3.8, 4) is 0 Å². The lowest BCUT2D eigenvalue weighted by Gasteiger charge is -2.44. The maximum atomic E-state index is 12.7. The van der Waals surface area contributed by atoms with Crippen LogP contribution in [0.25, 0.3) is 0 Å². The van der Waals surface area contributed by atoms with Crippen LogP contribution in [0.4, 0.5) is 26.3 Å². The van der Waals surface area contributed by atoms with Gasteiger partial charge in [0, 0.05) is 0 Å². The normalized spacial score (nSPS) is 27.1. The first-order chi connectivity index (χ1) is 14.7. The van der Waals surface area contributed by atoms with Crippen LogP contribution in [0.3, 0.4) is 0 Å². The number of hydrogen-bond donors (Lipinski definition) is 1. The summed E-state index contributed by atoms with van der Waals surface area (Å²) in [6.45, 7) is 2.79. The Morgan fingerprint density at radius 2 is 1.50 bits per heavy atom. The fraction of sp³-hybridized carbons (Fsp3) is 0.905. The van der Waals surface area contributed by atoms with Gasteiger partial charge in [-0.2, -0.15) is 26.3 Å². The molecule has 2 aliphatic rings. The second-order valence-corrected chi connectivity index (χ2v) is 9.05. The molecule has 32 heavy (non-hydrogen) atoms. The first kappa shape index (κ1) is 26.7. The number of rotatable bonds is 7. The molecule has 0 saturated heterocycles. The van der Waals surface area contributed by atoms with Gasteiger partial charge in [0.25, 0.3) is 5.60 Å². The van der Waals surface area contributed by atoms with Gasteiger partial charge in [-0.25, -0.2) is 0 Å². The zero-order valence-electron chi connectivity index (χ0n) is 18.1. The van der Waals surface area contributed by atoms with Crippen molar-refractivity contribution >= 4 is 11.9 Å². The van der Waals surface area contributed by atoms with Crippen LogP contribution >= 0.6 is 0 Å². The first-order valence-electron chi connectivity index (χ1n) is 10.9. The number of esters is 2. The molecule has 0 radical (unpaired) electrons. The maximum Gasteiger partial charge on any atom is 0.426 e. The summed E-state index contributed by atoms with van der Waals surface area (Å²) >= 11 is 0. The third kappa shape index (κ3) is 5.88. The van der Waals surface area contributed by atoms with Gasteiger partial charge in [0.15, 0.2) is 0 Å². The van der Waals surface area contributed by atoms with E-state index in [0.29, 0.717) is 25.7 Å². The fourth-order valence-corrected chi connectivity index (χ4v) is 4.72. The van der Waals surface area contributed by atoms with Crippen molar-refractivity contribution in [2.45, 2.75) is 89.3 Å². The molecular formula is C21H30F6O5. The lowest BCUT2D eigenvalue weighted by Crippen LogP contribution is -2.56. The van der Waals surface area contributed by atoms with Crippen LogP contribution in [-0.4, -0.2) is 47.7 Å². The molecule has 0 bridgehead atoms. The van der Waals surface area contributed by atoms with Crippen molar-refractivity contribution < 1.29 is 50.5 Å². The SMILES string of the molecule is CC(C)C(=O)OC1CCCC2C(C(=O)OCCCC(O)(C(F)(F)F)C(F)(F)F)CCCC12. The molecule has 2 fully saturated rings. The zero-order chi connectivity index (χ0) is 24.3. The van der Waals surface area contributed by atoms with E-state index >= 15 is 0 Å². The summed E-state index contributed by atoms with van der Waals surface area (Å²) in [7, 11) is 0. The summed E-state index contributed by atoms with van der Waals surface area (Å²) in [6, 6.07) is 0. The molecule has 0 spiro atoms. The van der Waals surface area contributed by atoms with Gasteiger partial charge in [-0.15, -0.1) is 0 Å². The van der Waals surface area contributed by atoms with Gasteiger partial charge in [0.05, 0.1) is 18.4 Å². The van der Waals surface area contributed by atoms with E-state index in [0.717, 1.165) is 12.8 Å². The Hall–Kier alpha value is -1.52. The number of fused-ring (bicyclic) bond motifs is 1. The van der Waals surface area contributed by atoms with Crippen molar-refractivity contribution in [2.75, 3.05) is 6.61 Å². The molecule has 0 aromatic rings. The number of alkyl halides is 6. The number of carbonyl (C=O) groups is 2. The van der Waals surface area contributed by atoms with E-state index in [1.54, 1.807) is 13.8 Å². The third-order valence-corrected chi connectivity index (χ3v) is 6.53. The van der Waals surface area contributed by atoms with Crippen molar-refractivity contribution in [3.63, 3.8) is 0 Å². The van der Waals surface area contributed by atoms with E-state index in [1.807, 2.05) is 0 Å². The molecule has 1 N–H and O–H groups in total. The molecule has 4 unspecified atom stereocenters. The molecule has 0 aromatic carbocycles. The molecule has 4 atom stereocenters. The fourth-order valence-electron chi connectivity index (χ4n) is 4.72. The van der Waals surface area contributed by atoms with Crippen LogP contribution in [0, 0.1) is 23.7 Å². The first-order valence-corrected chi connectivity index (χ1v) is 10.9. The second-order valence-electron chi connectivity index (χ2n) is 9.05. The van der Waals surface area contributed by atoms with Gasteiger partial charge < -0.3 is 14.6 Å². The van der Waals surface area contributed by atoms with E-state index in [1.165, 1.54) is 0 Å². The third-order valence-electron chi connectivity index (χ3n) is 6.53. The largest absolute Gasteiger partial charge is 0.465 e. The van der Waals surface area contributed by atoms with E-state index in [2.05, 4.69) is 0 Å². The summed E-state index contributed by atoms with van der Waals surface area (Å²) in [5.74, 6) is -1.96. The van der Waals surface area contributed by atoms with E-state index in [-0.39, 0.29) is 29.8 Å². The van der Waals surface area contributed by atoms with Crippen molar-refractivity contribution in [3.05, 3.63) is 0 Å². The predicted octanol–water partition coefficient (Wildman–Crippen LogP) is 4.95. The summed E-state index contributed by atoms with van der Waals surface area (Å²) in [4.78, 5) is 24.6. The number of ether oxygens (including phenoxy) is 2. The zero-order valence-corrected chi connectivity index (χ0v) is 18.1. The molecule has 0 heterocycles. The molecule has 2 rings (SSSR count). The highest BCUT2D eigenvalue weighted by Crippen LogP contribution is 2.47. The van der Waals surface area contributed by atoms with Crippen LogP contribution in [0.1, 0.15) is 65.2 Å². The molecule has 11 heteroatoms. The highest BCUT2D eigenvalue weighted by molar-refractivity contribution is 5.73. The standard InChI is InChI=1S/C21H30F6O5/c1-12(2)17(28)32-16-9-4-6-13-14(16)7-3-8-15(13)18(29)31-11-5-10-19(30,20(22,23)24)21(25,26)27/h12-16,30H,3-11H2,1-2H3. The second kappa shape index (κ2) is 10.2. The Morgan fingerprint density at radius 1 is 0.938 bits per heavy atom. The number of aliphatic hydroxyl groups is 1. The molecule has 0 aromatic heterocycles. The summed E-state index contributed by atoms with van der Waals surface area (Å²) < 4.78 is 87.0. The topological polar surface area (TPSA) is 72.8 Å². The molecule has 186 valence electrons. The van der Waals surface area contributed by atoms with Gasteiger partial charge in [-0.1, -0.05) is 20.3 Å². The lowest BCUT2D eigenvalue weighted by molar-refractivity contribution is -0.370. The molecule has 0 amide bonds. The molecule has 0 aliphatic heterocycles. The minimum atomic E-state index is -5.89. The number of hydrogen-bond acceptors (Lipinski definition) is 5. The average molecular weight is 476 g/mol. The Bertz CT molecular complexity index is 646. The van der Waals surface area contributed by atoms with E-state index in [4.69, 9.17) is 14.6 Å². The Balaban J connectivity index is 1.94. The van der Waals surface area contributed by atoms with Gasteiger partial charge in [-0.3, -0.25) is 9.59 Å². The van der Waals surface area contributed by atoms with Gasteiger partial charge in [0.1, 0.15) is 6.10 Å². The highest BCUT2D eigenvalue weighted by atomic mass is 19.4. The van der Waals surface area contributed by atoms with Gasteiger partial charge >= 0.3 is 24.3 Å².